The molecule has 112 valence electrons. The van der Waals surface area contributed by atoms with Crippen molar-refractivity contribution < 1.29 is 18.3 Å². The summed E-state index contributed by atoms with van der Waals surface area (Å²) < 4.78 is 26.7. The molecular formula is C12H16BrNO4S2. The van der Waals surface area contributed by atoms with Crippen molar-refractivity contribution in [2.45, 2.75) is 17.9 Å². The minimum absolute atomic E-state index is 0.0344. The van der Waals surface area contributed by atoms with E-state index in [1.54, 1.807) is 11.8 Å². The average Bonchev–Trinajstić information content (AvgIpc) is 2.37. The van der Waals surface area contributed by atoms with Crippen molar-refractivity contribution in [3.05, 3.63) is 28.2 Å². The average molecular weight is 382 g/mol. The number of hydrogen-bond acceptors (Lipinski definition) is 4. The van der Waals surface area contributed by atoms with Crippen molar-refractivity contribution in [3.8, 4) is 0 Å². The number of nitrogens with zero attached hydrogens (tertiary/aromatic N) is 1. The van der Waals surface area contributed by atoms with Crippen LogP contribution >= 0.6 is 27.7 Å². The molecule has 0 aliphatic carbocycles. The van der Waals surface area contributed by atoms with Crippen LogP contribution in [0, 0.1) is 0 Å². The van der Waals surface area contributed by atoms with Crippen molar-refractivity contribution in [1.82, 2.24) is 4.31 Å². The van der Waals surface area contributed by atoms with Gasteiger partial charge < -0.3 is 5.11 Å². The normalized spacial score (nSPS) is 13.4. The third-order valence-corrected chi connectivity index (χ3v) is 6.65. The number of benzene rings is 1. The standard InChI is InChI=1S/C12H16BrNO4S2/c1-8(7-19-3)14(2)20(17,18)11-6-9(12(15)16)4-5-10(11)13/h4-6,8H,7H2,1-3H3,(H,15,16). The van der Waals surface area contributed by atoms with E-state index in [9.17, 15) is 13.2 Å². The number of rotatable bonds is 6. The monoisotopic (exact) mass is 381 g/mol. The van der Waals surface area contributed by atoms with Crippen LogP contribution < -0.4 is 0 Å². The second-order valence-corrected chi connectivity index (χ2v) is 8.01. The van der Waals surface area contributed by atoms with E-state index in [1.807, 2.05) is 13.2 Å². The molecule has 0 heterocycles. The van der Waals surface area contributed by atoms with E-state index >= 15 is 0 Å². The summed E-state index contributed by atoms with van der Waals surface area (Å²) in [6, 6.07) is 3.78. The Balaban J connectivity index is 3.27. The van der Waals surface area contributed by atoms with Crippen LogP contribution in [0.2, 0.25) is 0 Å². The number of carboxylic acid groups (broad SMARTS) is 1. The molecule has 1 rings (SSSR count). The van der Waals surface area contributed by atoms with Crippen LogP contribution in [0.4, 0.5) is 0 Å². The number of thioether (sulfide) groups is 1. The molecule has 0 saturated carbocycles. The lowest BCUT2D eigenvalue weighted by Gasteiger charge is -2.24. The number of carboxylic acids is 1. The van der Waals surface area contributed by atoms with Crippen LogP contribution in [0.5, 0.6) is 0 Å². The summed E-state index contributed by atoms with van der Waals surface area (Å²) >= 11 is 4.72. The highest BCUT2D eigenvalue weighted by molar-refractivity contribution is 9.10. The van der Waals surface area contributed by atoms with Gasteiger partial charge in [0.1, 0.15) is 0 Å². The lowest BCUT2D eigenvalue weighted by Crippen LogP contribution is -2.36. The van der Waals surface area contributed by atoms with E-state index in [-0.39, 0.29) is 16.5 Å². The Kier molecular flexibility index (Phi) is 6.06. The molecule has 1 unspecified atom stereocenters. The van der Waals surface area contributed by atoms with Gasteiger partial charge in [0.15, 0.2) is 0 Å². The summed E-state index contributed by atoms with van der Waals surface area (Å²) in [6.45, 7) is 1.81. The molecule has 20 heavy (non-hydrogen) atoms. The Labute approximate surface area is 131 Å². The lowest BCUT2D eigenvalue weighted by molar-refractivity contribution is 0.0696. The Morgan fingerprint density at radius 1 is 1.50 bits per heavy atom. The molecule has 1 N–H and O–H groups in total. The molecule has 5 nitrogen and oxygen atoms in total. The maximum atomic E-state index is 12.5. The highest BCUT2D eigenvalue weighted by Gasteiger charge is 2.27. The molecule has 0 aliphatic rings. The fraction of sp³-hybridized carbons (Fsp3) is 0.417. The first-order valence-corrected chi connectivity index (χ1v) is 9.34. The van der Waals surface area contributed by atoms with Gasteiger partial charge in [0.25, 0.3) is 0 Å². The van der Waals surface area contributed by atoms with Crippen molar-refractivity contribution in [2.75, 3.05) is 19.1 Å². The fourth-order valence-electron chi connectivity index (χ4n) is 1.57. The fourth-order valence-corrected chi connectivity index (χ4v) is 4.68. The Morgan fingerprint density at radius 2 is 2.10 bits per heavy atom. The lowest BCUT2D eigenvalue weighted by atomic mass is 10.2. The Hall–Kier alpha value is -0.570. The van der Waals surface area contributed by atoms with Gasteiger partial charge in [-0.05, 0) is 47.3 Å². The minimum Gasteiger partial charge on any atom is -0.478 e. The molecule has 0 bridgehead atoms. The number of carbonyl (C=O) groups is 1. The Bertz CT molecular complexity index is 603. The molecule has 0 fully saturated rings. The molecule has 0 saturated heterocycles. The quantitative estimate of drug-likeness (QED) is 0.819. The molecule has 0 amide bonds. The molecule has 1 aromatic carbocycles. The van der Waals surface area contributed by atoms with Crippen molar-refractivity contribution >= 4 is 43.7 Å². The molecule has 1 aromatic rings. The van der Waals surface area contributed by atoms with Crippen LogP contribution in [-0.4, -0.2) is 48.9 Å². The molecule has 0 spiro atoms. The predicted octanol–water partition coefficient (Wildman–Crippen LogP) is 2.52. The summed E-state index contributed by atoms with van der Waals surface area (Å²) in [6.07, 6.45) is 1.90. The largest absolute Gasteiger partial charge is 0.478 e. The van der Waals surface area contributed by atoms with E-state index in [0.29, 0.717) is 10.2 Å². The van der Waals surface area contributed by atoms with Crippen LogP contribution in [-0.2, 0) is 10.0 Å². The number of hydrogen-bond donors (Lipinski definition) is 1. The zero-order valence-corrected chi connectivity index (χ0v) is 14.5. The second kappa shape index (κ2) is 6.93. The molecule has 1 atom stereocenters. The first kappa shape index (κ1) is 17.5. The summed E-state index contributed by atoms with van der Waals surface area (Å²) in [5, 5.41) is 8.97. The highest BCUT2D eigenvalue weighted by atomic mass is 79.9. The van der Waals surface area contributed by atoms with Gasteiger partial charge in [-0.2, -0.15) is 16.1 Å². The summed E-state index contributed by atoms with van der Waals surface area (Å²) in [5.74, 6) is -0.500. The van der Waals surface area contributed by atoms with Crippen LogP contribution in [0.1, 0.15) is 17.3 Å². The van der Waals surface area contributed by atoms with Gasteiger partial charge in [0, 0.05) is 23.3 Å². The van der Waals surface area contributed by atoms with Gasteiger partial charge in [-0.1, -0.05) is 0 Å². The third-order valence-electron chi connectivity index (χ3n) is 2.86. The van der Waals surface area contributed by atoms with E-state index in [2.05, 4.69) is 15.9 Å². The van der Waals surface area contributed by atoms with Crippen LogP contribution in [0.25, 0.3) is 0 Å². The third kappa shape index (κ3) is 3.75. The van der Waals surface area contributed by atoms with Gasteiger partial charge in [-0.25, -0.2) is 13.2 Å². The molecular weight excluding hydrogens is 366 g/mol. The van der Waals surface area contributed by atoms with Crippen LogP contribution in [0.3, 0.4) is 0 Å². The molecule has 0 aliphatic heterocycles. The number of aromatic carboxylic acids is 1. The number of halogens is 1. The van der Waals surface area contributed by atoms with Gasteiger partial charge in [-0.3, -0.25) is 0 Å². The van der Waals surface area contributed by atoms with Gasteiger partial charge in [0.05, 0.1) is 10.5 Å². The predicted molar refractivity (Wildman–Crippen MR) is 83.9 cm³/mol. The van der Waals surface area contributed by atoms with Gasteiger partial charge in [0.2, 0.25) is 10.0 Å². The van der Waals surface area contributed by atoms with Gasteiger partial charge in [-0.15, -0.1) is 0 Å². The minimum atomic E-state index is -3.74. The zero-order chi connectivity index (χ0) is 15.5. The molecule has 0 radical (unpaired) electrons. The van der Waals surface area contributed by atoms with Crippen molar-refractivity contribution in [2.24, 2.45) is 0 Å². The van der Waals surface area contributed by atoms with E-state index in [4.69, 9.17) is 5.11 Å². The first-order chi connectivity index (χ1) is 9.21. The zero-order valence-electron chi connectivity index (χ0n) is 11.3. The van der Waals surface area contributed by atoms with E-state index in [0.717, 1.165) is 0 Å². The van der Waals surface area contributed by atoms with Gasteiger partial charge >= 0.3 is 5.97 Å². The summed E-state index contributed by atoms with van der Waals surface area (Å²) in [4.78, 5) is 10.9. The van der Waals surface area contributed by atoms with Crippen LogP contribution in [0.15, 0.2) is 27.6 Å². The maximum absolute atomic E-state index is 12.5. The van der Waals surface area contributed by atoms with Crippen molar-refractivity contribution in [1.29, 1.82) is 0 Å². The summed E-state index contributed by atoms with van der Waals surface area (Å²) in [7, 11) is -2.24. The van der Waals surface area contributed by atoms with Crippen molar-refractivity contribution in [3.63, 3.8) is 0 Å². The number of sulfonamides is 1. The van der Waals surface area contributed by atoms with E-state index in [1.165, 1.54) is 29.6 Å². The SMILES string of the molecule is CSCC(C)N(C)S(=O)(=O)c1cc(C(=O)O)ccc1Br. The second-order valence-electron chi connectivity index (χ2n) is 4.28. The topological polar surface area (TPSA) is 74.7 Å². The van der Waals surface area contributed by atoms with E-state index < -0.39 is 16.0 Å². The molecule has 8 heteroatoms. The summed E-state index contributed by atoms with van der Waals surface area (Å²) in [5.41, 5.74) is -0.0577. The molecule has 0 aromatic heterocycles. The Morgan fingerprint density at radius 3 is 2.60 bits per heavy atom. The first-order valence-electron chi connectivity index (χ1n) is 5.71. The highest BCUT2D eigenvalue weighted by Crippen LogP contribution is 2.27. The smallest absolute Gasteiger partial charge is 0.335 e. The maximum Gasteiger partial charge on any atom is 0.335 e.